The Labute approximate surface area is 190 Å². The molecule has 1 unspecified atom stereocenters. The Morgan fingerprint density at radius 2 is 2.13 bits per heavy atom. The predicted molar refractivity (Wildman–Crippen MR) is 125 cm³/mol. The molecule has 1 saturated heterocycles. The molecule has 2 aromatic heterocycles. The first-order valence-corrected chi connectivity index (χ1v) is 11.5. The molecule has 1 aromatic carbocycles. The van der Waals surface area contributed by atoms with Gasteiger partial charge in [0.2, 0.25) is 0 Å². The van der Waals surface area contributed by atoms with Crippen LogP contribution in [0.5, 0.6) is 5.75 Å². The summed E-state index contributed by atoms with van der Waals surface area (Å²) in [6.45, 7) is 6.72. The molecule has 1 fully saturated rings. The lowest BCUT2D eigenvalue weighted by molar-refractivity contribution is -0.125. The maximum absolute atomic E-state index is 12.4. The largest absolute Gasteiger partial charge is 0.479 e. The average molecular weight is 484 g/mol. The highest BCUT2D eigenvalue weighted by molar-refractivity contribution is 9.10. The van der Waals surface area contributed by atoms with Crippen molar-refractivity contribution < 1.29 is 9.53 Å². The fraction of sp³-hybridized carbons (Fsp3) is 0.391. The zero-order chi connectivity index (χ0) is 21.5. The molecule has 7 nitrogen and oxygen atoms in total. The van der Waals surface area contributed by atoms with Gasteiger partial charge in [0.1, 0.15) is 5.75 Å². The highest BCUT2D eigenvalue weighted by Gasteiger charge is 2.30. The minimum atomic E-state index is -0.471. The van der Waals surface area contributed by atoms with Gasteiger partial charge in [0.15, 0.2) is 11.8 Å². The molecule has 2 aliphatic heterocycles. The third-order valence-electron chi connectivity index (χ3n) is 6.08. The van der Waals surface area contributed by atoms with Crippen molar-refractivity contribution in [2.75, 3.05) is 38.1 Å². The molecule has 3 aromatic rings. The van der Waals surface area contributed by atoms with Crippen molar-refractivity contribution in [1.82, 2.24) is 19.6 Å². The summed E-state index contributed by atoms with van der Waals surface area (Å²) in [5, 5.41) is 3.47. The van der Waals surface area contributed by atoms with Gasteiger partial charge in [-0.15, -0.1) is 0 Å². The smallest absolute Gasteiger partial charge is 0.267 e. The summed E-state index contributed by atoms with van der Waals surface area (Å²) in [5.74, 6) is 0.683. The van der Waals surface area contributed by atoms with Crippen molar-refractivity contribution in [3.8, 4) is 17.0 Å². The predicted octanol–water partition coefficient (Wildman–Crippen LogP) is 3.30. The zero-order valence-corrected chi connectivity index (χ0v) is 19.4. The number of pyridine rings is 1. The van der Waals surface area contributed by atoms with Crippen molar-refractivity contribution in [3.63, 3.8) is 0 Å². The summed E-state index contributed by atoms with van der Waals surface area (Å²) in [7, 11) is 1.80. The van der Waals surface area contributed by atoms with Crippen molar-refractivity contribution >= 4 is 33.2 Å². The minimum absolute atomic E-state index is 0.0420. The van der Waals surface area contributed by atoms with E-state index in [-0.39, 0.29) is 5.91 Å². The Morgan fingerprint density at radius 1 is 1.26 bits per heavy atom. The molecule has 2 aliphatic rings. The quantitative estimate of drug-likeness (QED) is 0.619. The summed E-state index contributed by atoms with van der Waals surface area (Å²) >= 11 is 3.66. The van der Waals surface area contributed by atoms with E-state index >= 15 is 0 Å². The molecule has 5 rings (SSSR count). The van der Waals surface area contributed by atoms with Crippen molar-refractivity contribution in [2.24, 2.45) is 0 Å². The molecule has 8 heteroatoms. The molecule has 0 saturated carbocycles. The average Bonchev–Trinajstić information content (AvgIpc) is 2.94. The van der Waals surface area contributed by atoms with Gasteiger partial charge in [-0.1, -0.05) is 0 Å². The van der Waals surface area contributed by atoms with Gasteiger partial charge in [-0.25, -0.2) is 4.98 Å². The molecule has 1 atom stereocenters. The SMILES string of the molecule is CC1Oc2ccc(-c3nc4c(Br)cccn4c3CN3CCCNCC3)cc2N(C)C1=O. The molecule has 0 spiro atoms. The molecule has 31 heavy (non-hydrogen) atoms. The number of carbonyl (C=O) groups is 1. The number of ether oxygens (including phenoxy) is 1. The molecule has 1 N–H and O–H groups in total. The number of fused-ring (bicyclic) bond motifs is 2. The second kappa shape index (κ2) is 8.26. The van der Waals surface area contributed by atoms with Gasteiger partial charge in [0.05, 0.1) is 21.5 Å². The second-order valence-electron chi connectivity index (χ2n) is 8.18. The van der Waals surface area contributed by atoms with E-state index in [0.717, 1.165) is 77.7 Å². The van der Waals surface area contributed by atoms with Crippen LogP contribution in [0.4, 0.5) is 5.69 Å². The van der Waals surface area contributed by atoms with Crippen LogP contribution in [0.1, 0.15) is 19.0 Å². The number of amides is 1. The van der Waals surface area contributed by atoms with Gasteiger partial charge < -0.3 is 19.4 Å². The van der Waals surface area contributed by atoms with Crippen molar-refractivity contribution in [2.45, 2.75) is 26.0 Å². The van der Waals surface area contributed by atoms with Crippen molar-refractivity contribution in [1.29, 1.82) is 0 Å². The Kier molecular flexibility index (Phi) is 5.45. The van der Waals surface area contributed by atoms with E-state index in [0.29, 0.717) is 0 Å². The molecular formula is C23H26BrN5O2. The first-order chi connectivity index (χ1) is 15.0. The van der Waals surface area contributed by atoms with Gasteiger partial charge in [-0.3, -0.25) is 9.69 Å². The lowest BCUT2D eigenvalue weighted by Crippen LogP contribution is -2.41. The molecule has 162 valence electrons. The van der Waals surface area contributed by atoms with E-state index < -0.39 is 6.10 Å². The number of hydrogen-bond donors (Lipinski definition) is 1. The molecule has 0 radical (unpaired) electrons. The summed E-state index contributed by atoms with van der Waals surface area (Å²) < 4.78 is 8.94. The normalized spacial score (nSPS) is 19.9. The lowest BCUT2D eigenvalue weighted by atomic mass is 10.1. The topological polar surface area (TPSA) is 62.1 Å². The van der Waals surface area contributed by atoms with Crippen molar-refractivity contribution in [3.05, 3.63) is 46.7 Å². The van der Waals surface area contributed by atoms with Gasteiger partial charge >= 0.3 is 0 Å². The van der Waals surface area contributed by atoms with E-state index in [1.54, 1.807) is 18.9 Å². The number of anilines is 1. The highest BCUT2D eigenvalue weighted by atomic mass is 79.9. The number of nitrogens with zero attached hydrogens (tertiary/aromatic N) is 4. The van der Waals surface area contributed by atoms with Crippen LogP contribution in [0, 0.1) is 0 Å². The van der Waals surface area contributed by atoms with E-state index in [1.807, 2.05) is 30.3 Å². The lowest BCUT2D eigenvalue weighted by Gasteiger charge is -2.30. The fourth-order valence-corrected chi connectivity index (χ4v) is 4.83. The fourth-order valence-electron chi connectivity index (χ4n) is 4.40. The molecule has 1 amide bonds. The number of benzene rings is 1. The standard InChI is InChI=1S/C23H26BrN5O2/c1-15-23(30)27(2)18-13-16(6-7-20(18)31-15)21-19(14-28-10-4-8-25-9-12-28)29-11-3-5-17(24)22(29)26-21/h3,5-7,11,13,15,25H,4,8-10,12,14H2,1-2H3. The summed E-state index contributed by atoms with van der Waals surface area (Å²) in [5.41, 5.74) is 4.74. The van der Waals surface area contributed by atoms with Crippen LogP contribution < -0.4 is 15.0 Å². The van der Waals surface area contributed by atoms with Crippen LogP contribution in [0.25, 0.3) is 16.9 Å². The number of aromatic nitrogens is 2. The van der Waals surface area contributed by atoms with E-state index in [1.165, 1.54) is 0 Å². The van der Waals surface area contributed by atoms with Gasteiger partial charge in [-0.05, 0) is 72.7 Å². The van der Waals surface area contributed by atoms with Gasteiger partial charge in [0, 0.05) is 38.4 Å². The Balaban J connectivity index is 1.61. The number of hydrogen-bond acceptors (Lipinski definition) is 5. The van der Waals surface area contributed by atoms with Crippen LogP contribution >= 0.6 is 15.9 Å². The summed E-state index contributed by atoms with van der Waals surface area (Å²) in [6.07, 6.45) is 2.74. The van der Waals surface area contributed by atoms with E-state index in [2.05, 4.69) is 36.7 Å². The number of nitrogens with one attached hydrogen (secondary N) is 1. The first kappa shape index (κ1) is 20.5. The van der Waals surface area contributed by atoms with Gasteiger partial charge in [0.25, 0.3) is 5.91 Å². The molecule has 4 heterocycles. The zero-order valence-electron chi connectivity index (χ0n) is 17.8. The van der Waals surface area contributed by atoms with Crippen LogP contribution in [-0.2, 0) is 11.3 Å². The third kappa shape index (κ3) is 3.73. The van der Waals surface area contributed by atoms with Crippen LogP contribution in [0.3, 0.4) is 0 Å². The minimum Gasteiger partial charge on any atom is -0.479 e. The second-order valence-corrected chi connectivity index (χ2v) is 9.03. The third-order valence-corrected chi connectivity index (χ3v) is 6.70. The molecule has 0 aliphatic carbocycles. The maximum Gasteiger partial charge on any atom is 0.267 e. The first-order valence-electron chi connectivity index (χ1n) is 10.7. The maximum atomic E-state index is 12.4. The van der Waals surface area contributed by atoms with Crippen LogP contribution in [0.15, 0.2) is 41.0 Å². The molecular weight excluding hydrogens is 458 g/mol. The number of carbonyl (C=O) groups excluding carboxylic acids is 1. The monoisotopic (exact) mass is 483 g/mol. The number of rotatable bonds is 3. The van der Waals surface area contributed by atoms with E-state index in [4.69, 9.17) is 9.72 Å². The highest BCUT2D eigenvalue weighted by Crippen LogP contribution is 2.38. The summed E-state index contributed by atoms with van der Waals surface area (Å²) in [4.78, 5) is 21.6. The Morgan fingerprint density at radius 3 is 3.00 bits per heavy atom. The Bertz CT molecular complexity index is 1140. The van der Waals surface area contributed by atoms with E-state index in [9.17, 15) is 4.79 Å². The Hall–Kier alpha value is -2.42. The number of likely N-dealkylation sites (N-methyl/N-ethyl adjacent to an activating group) is 1. The van der Waals surface area contributed by atoms with Crippen LogP contribution in [-0.4, -0.2) is 59.5 Å². The van der Waals surface area contributed by atoms with Crippen LogP contribution in [0.2, 0.25) is 0 Å². The molecule has 0 bridgehead atoms. The van der Waals surface area contributed by atoms with Gasteiger partial charge in [-0.2, -0.15) is 0 Å². The summed E-state index contributed by atoms with van der Waals surface area (Å²) in [6, 6.07) is 10.0. The number of imidazole rings is 1. The number of halogens is 1.